The average Bonchev–Trinajstić information content (AvgIpc) is 3.03. The van der Waals surface area contributed by atoms with Crippen LogP contribution in [-0.4, -0.2) is 67.5 Å². The van der Waals surface area contributed by atoms with Gasteiger partial charge in [-0.15, -0.1) is 11.8 Å². The number of nitrogens with zero attached hydrogens (tertiary/aromatic N) is 3. The summed E-state index contributed by atoms with van der Waals surface area (Å²) in [4.78, 5) is 8.06. The van der Waals surface area contributed by atoms with Crippen LogP contribution < -0.4 is 5.32 Å². The molecule has 9 nitrogen and oxygen atoms in total. The maximum atomic E-state index is 10.4. The van der Waals surface area contributed by atoms with Crippen LogP contribution in [0.4, 0.5) is 5.82 Å². The van der Waals surface area contributed by atoms with E-state index >= 15 is 0 Å². The first kappa shape index (κ1) is 14.8. The second-order valence-electron chi connectivity index (χ2n) is 4.79. The molecule has 21 heavy (non-hydrogen) atoms. The van der Waals surface area contributed by atoms with Gasteiger partial charge in [-0.2, -0.15) is 0 Å². The number of imidazole rings is 1. The predicted octanol–water partition coefficient (Wildman–Crippen LogP) is -1.59. The van der Waals surface area contributed by atoms with Crippen molar-refractivity contribution in [3.8, 4) is 0 Å². The smallest absolute Gasteiger partial charge is 0.253 e. The third kappa shape index (κ3) is 2.15. The van der Waals surface area contributed by atoms with E-state index in [2.05, 4.69) is 15.3 Å². The molecule has 2 aliphatic heterocycles. The fraction of sp³-hybridized carbons (Fsp3) is 0.636. The highest BCUT2D eigenvalue weighted by Gasteiger charge is 2.46. The monoisotopic (exact) mass is 316 g/mol. The summed E-state index contributed by atoms with van der Waals surface area (Å²) in [5, 5.41) is 40.7. The van der Waals surface area contributed by atoms with Crippen LogP contribution in [0.1, 0.15) is 11.9 Å². The summed E-state index contributed by atoms with van der Waals surface area (Å²) >= 11 is 1.10. The Labute approximate surface area is 124 Å². The van der Waals surface area contributed by atoms with Crippen LogP contribution in [0.5, 0.6) is 0 Å². The lowest BCUT2D eigenvalue weighted by Crippen LogP contribution is -2.33. The minimum absolute atomic E-state index is 0.287. The average molecular weight is 316 g/mol. The van der Waals surface area contributed by atoms with Crippen LogP contribution >= 0.6 is 11.8 Å². The van der Waals surface area contributed by atoms with Gasteiger partial charge in [0, 0.05) is 0 Å². The van der Waals surface area contributed by atoms with Gasteiger partial charge in [-0.1, -0.05) is 0 Å². The highest BCUT2D eigenvalue weighted by atomic mass is 32.2. The number of fused-ring (bicyclic) bond motifs is 1. The van der Waals surface area contributed by atoms with Gasteiger partial charge in [-0.05, 0) is 6.26 Å². The molecule has 2 aliphatic rings. The molecule has 3 heterocycles. The lowest BCUT2D eigenvalue weighted by Gasteiger charge is -2.26. The van der Waals surface area contributed by atoms with Gasteiger partial charge >= 0.3 is 0 Å². The van der Waals surface area contributed by atoms with Gasteiger partial charge in [0.1, 0.15) is 29.8 Å². The zero-order valence-corrected chi connectivity index (χ0v) is 11.9. The topological polar surface area (TPSA) is 132 Å². The third-order valence-corrected chi connectivity index (χ3v) is 4.49. The van der Waals surface area contributed by atoms with Crippen LogP contribution in [-0.2, 0) is 9.79 Å². The van der Waals surface area contributed by atoms with Crippen LogP contribution in [0.25, 0.3) is 0 Å². The van der Waals surface area contributed by atoms with Crippen molar-refractivity contribution in [2.45, 2.75) is 29.6 Å². The lowest BCUT2D eigenvalue weighted by molar-refractivity contribution is -0.0519. The molecule has 1 unspecified atom stereocenters. The standard InChI is InChI=1S/C11H16N4O5S/c1-21-11(19)8-9(12-3-14-11)15(4-13-8)10-7(18)6(17)5(2-16)20-10/h3-7,10,16-19H,2H2,1H3,(H,12,14)/t5-,6-,7-,10-,11?/m1/s1. The summed E-state index contributed by atoms with van der Waals surface area (Å²) < 4.78 is 6.91. The second kappa shape index (κ2) is 5.23. The molecule has 0 amide bonds. The normalized spacial score (nSPS) is 38.3. The fourth-order valence-electron chi connectivity index (χ4n) is 2.44. The third-order valence-electron chi connectivity index (χ3n) is 3.62. The molecule has 1 aromatic heterocycles. The summed E-state index contributed by atoms with van der Waals surface area (Å²) in [6, 6.07) is 0. The molecule has 0 spiro atoms. The molecule has 1 fully saturated rings. The van der Waals surface area contributed by atoms with E-state index in [4.69, 9.17) is 9.84 Å². The van der Waals surface area contributed by atoms with Crippen molar-refractivity contribution in [1.82, 2.24) is 9.55 Å². The van der Waals surface area contributed by atoms with Crippen molar-refractivity contribution >= 4 is 23.9 Å². The number of ether oxygens (including phenoxy) is 1. The van der Waals surface area contributed by atoms with Gasteiger partial charge < -0.3 is 30.5 Å². The molecule has 1 saturated heterocycles. The Morgan fingerprint density at radius 3 is 2.86 bits per heavy atom. The largest absolute Gasteiger partial charge is 0.394 e. The van der Waals surface area contributed by atoms with Crippen molar-refractivity contribution in [3.05, 3.63) is 12.0 Å². The van der Waals surface area contributed by atoms with Crippen molar-refractivity contribution < 1.29 is 25.2 Å². The van der Waals surface area contributed by atoms with Crippen molar-refractivity contribution in [2.24, 2.45) is 4.99 Å². The van der Waals surface area contributed by atoms with E-state index in [0.29, 0.717) is 5.82 Å². The van der Waals surface area contributed by atoms with E-state index in [-0.39, 0.29) is 5.69 Å². The van der Waals surface area contributed by atoms with Gasteiger partial charge in [-0.3, -0.25) is 4.57 Å². The predicted molar refractivity (Wildman–Crippen MR) is 74.8 cm³/mol. The summed E-state index contributed by atoms with van der Waals surface area (Å²) in [7, 11) is 0. The quantitative estimate of drug-likeness (QED) is 0.422. The summed E-state index contributed by atoms with van der Waals surface area (Å²) in [6.45, 7) is -0.407. The minimum Gasteiger partial charge on any atom is -0.394 e. The first-order valence-electron chi connectivity index (χ1n) is 6.29. The number of rotatable bonds is 3. The summed E-state index contributed by atoms with van der Waals surface area (Å²) in [5.41, 5.74) is 0.287. The first-order valence-corrected chi connectivity index (χ1v) is 7.52. The SMILES string of the molecule is CSC1(O)N=CNc2c1ncn2[C@@H]1O[C@H](CO)[C@@H](O)[C@H]1O. The highest BCUT2D eigenvalue weighted by Crippen LogP contribution is 2.41. The Morgan fingerprint density at radius 2 is 2.24 bits per heavy atom. The first-order chi connectivity index (χ1) is 10.0. The summed E-state index contributed by atoms with van der Waals surface area (Å²) in [6.07, 6.45) is 0.195. The van der Waals surface area contributed by atoms with Gasteiger partial charge in [0.25, 0.3) is 5.06 Å². The van der Waals surface area contributed by atoms with E-state index in [0.717, 1.165) is 11.8 Å². The maximum Gasteiger partial charge on any atom is 0.253 e. The Hall–Kier alpha value is -1.17. The molecule has 0 aromatic carbocycles. The van der Waals surface area contributed by atoms with E-state index in [9.17, 15) is 15.3 Å². The van der Waals surface area contributed by atoms with Gasteiger partial charge in [0.15, 0.2) is 6.23 Å². The lowest BCUT2D eigenvalue weighted by atomic mass is 10.1. The van der Waals surface area contributed by atoms with E-state index in [1.54, 1.807) is 6.26 Å². The second-order valence-corrected chi connectivity index (χ2v) is 5.77. The van der Waals surface area contributed by atoms with Crippen molar-refractivity contribution in [1.29, 1.82) is 0 Å². The van der Waals surface area contributed by atoms with Crippen molar-refractivity contribution in [3.63, 3.8) is 0 Å². The Kier molecular flexibility index (Phi) is 3.67. The van der Waals surface area contributed by atoms with Crippen LogP contribution in [0.3, 0.4) is 0 Å². The Morgan fingerprint density at radius 1 is 1.48 bits per heavy atom. The Bertz CT molecular complexity index is 567. The number of thioether (sulfide) groups is 1. The zero-order chi connectivity index (χ0) is 15.2. The van der Waals surface area contributed by atoms with Gasteiger partial charge in [0.2, 0.25) is 0 Å². The molecule has 1 aromatic rings. The van der Waals surface area contributed by atoms with Gasteiger partial charge in [-0.25, -0.2) is 9.98 Å². The number of aliphatic hydroxyl groups is 4. The number of hydrogen-bond donors (Lipinski definition) is 5. The number of anilines is 1. The minimum atomic E-state index is -1.51. The molecule has 3 rings (SSSR count). The van der Waals surface area contributed by atoms with Crippen LogP contribution in [0.2, 0.25) is 0 Å². The number of nitrogens with one attached hydrogen (secondary N) is 1. The Balaban J connectivity index is 1.96. The van der Waals surface area contributed by atoms with Crippen LogP contribution in [0, 0.1) is 0 Å². The van der Waals surface area contributed by atoms with Crippen molar-refractivity contribution in [2.75, 3.05) is 18.2 Å². The number of aromatic nitrogens is 2. The highest BCUT2D eigenvalue weighted by molar-refractivity contribution is 7.99. The van der Waals surface area contributed by atoms with Crippen LogP contribution in [0.15, 0.2) is 11.3 Å². The molecule has 5 atom stereocenters. The summed E-state index contributed by atoms with van der Waals surface area (Å²) in [5.74, 6) is 0.414. The molecular weight excluding hydrogens is 300 g/mol. The molecule has 116 valence electrons. The van der Waals surface area contributed by atoms with E-state index in [1.807, 2.05) is 0 Å². The van der Waals surface area contributed by atoms with E-state index < -0.39 is 36.2 Å². The van der Waals surface area contributed by atoms with Gasteiger partial charge in [0.05, 0.1) is 19.3 Å². The zero-order valence-electron chi connectivity index (χ0n) is 11.1. The molecule has 0 saturated carbocycles. The molecule has 0 aliphatic carbocycles. The maximum absolute atomic E-state index is 10.4. The molecule has 10 heteroatoms. The molecule has 5 N–H and O–H groups in total. The number of aliphatic imine (C=N–C) groups is 1. The molecule has 0 radical (unpaired) electrons. The number of hydrogen-bond acceptors (Lipinski definition) is 9. The molecule has 0 bridgehead atoms. The number of aliphatic hydroxyl groups excluding tert-OH is 3. The fourth-order valence-corrected chi connectivity index (χ4v) is 2.94. The molecular formula is C11H16N4O5S. The van der Waals surface area contributed by atoms with E-state index in [1.165, 1.54) is 17.2 Å².